The topological polar surface area (TPSA) is 33.1 Å². The fourth-order valence-corrected chi connectivity index (χ4v) is 2.96. The molecule has 1 atom stereocenters. The zero-order valence-electron chi connectivity index (χ0n) is 11.3. The van der Waals surface area contributed by atoms with E-state index in [0.29, 0.717) is 5.92 Å². The summed E-state index contributed by atoms with van der Waals surface area (Å²) < 4.78 is 0. The zero-order chi connectivity index (χ0) is 13.3. The van der Waals surface area contributed by atoms with Gasteiger partial charge >= 0.3 is 0 Å². The van der Waals surface area contributed by atoms with E-state index < -0.39 is 6.10 Å². The Morgan fingerprint density at radius 1 is 1.06 bits per heavy atom. The van der Waals surface area contributed by atoms with Crippen molar-refractivity contribution in [1.82, 2.24) is 4.98 Å². The van der Waals surface area contributed by atoms with Crippen LogP contribution < -0.4 is 0 Å². The summed E-state index contributed by atoms with van der Waals surface area (Å²) in [6, 6.07) is 8.20. The first-order valence-corrected chi connectivity index (χ1v) is 7.02. The van der Waals surface area contributed by atoms with Crippen molar-refractivity contribution in [3.63, 3.8) is 0 Å². The highest BCUT2D eigenvalue weighted by atomic mass is 32.1. The quantitative estimate of drug-likeness (QED) is 0.907. The highest BCUT2D eigenvalue weighted by Gasteiger charge is 2.16. The summed E-state index contributed by atoms with van der Waals surface area (Å²) in [6.07, 6.45) is -0.558. The normalized spacial score (nSPS) is 13.0. The van der Waals surface area contributed by atoms with Gasteiger partial charge < -0.3 is 5.11 Å². The van der Waals surface area contributed by atoms with Crippen LogP contribution in [0.3, 0.4) is 0 Å². The third kappa shape index (κ3) is 2.62. The summed E-state index contributed by atoms with van der Waals surface area (Å²) in [5.41, 5.74) is 3.16. The van der Waals surface area contributed by atoms with Crippen molar-refractivity contribution >= 4 is 11.3 Å². The molecule has 0 fully saturated rings. The van der Waals surface area contributed by atoms with Crippen LogP contribution in [0.2, 0.25) is 0 Å². The molecule has 0 aliphatic rings. The van der Waals surface area contributed by atoms with E-state index in [-0.39, 0.29) is 0 Å². The molecule has 1 unspecified atom stereocenters. The van der Waals surface area contributed by atoms with Gasteiger partial charge in [-0.3, -0.25) is 0 Å². The number of hydrogen-bond donors (Lipinski definition) is 1. The summed E-state index contributed by atoms with van der Waals surface area (Å²) in [7, 11) is 0. The van der Waals surface area contributed by atoms with Crippen molar-refractivity contribution in [3.8, 4) is 0 Å². The third-order valence-corrected chi connectivity index (χ3v) is 4.23. The zero-order valence-corrected chi connectivity index (χ0v) is 12.1. The van der Waals surface area contributed by atoms with Gasteiger partial charge in [0.15, 0.2) is 0 Å². The molecule has 2 nitrogen and oxygen atoms in total. The SMILES string of the molecule is Cc1nc(C)c(C(O)c2ccc(C(C)C)cc2)s1. The Kier molecular flexibility index (Phi) is 3.83. The van der Waals surface area contributed by atoms with Crippen molar-refractivity contribution in [2.75, 3.05) is 0 Å². The summed E-state index contributed by atoms with van der Waals surface area (Å²) >= 11 is 1.57. The summed E-state index contributed by atoms with van der Waals surface area (Å²) in [5.74, 6) is 0.517. The Hall–Kier alpha value is -1.19. The van der Waals surface area contributed by atoms with Gasteiger partial charge in [-0.1, -0.05) is 38.1 Å². The van der Waals surface area contributed by atoms with Gasteiger partial charge in [0.05, 0.1) is 15.6 Å². The van der Waals surface area contributed by atoms with E-state index in [2.05, 4.69) is 31.0 Å². The predicted molar refractivity (Wildman–Crippen MR) is 76.2 cm³/mol. The Morgan fingerprint density at radius 2 is 1.61 bits per heavy atom. The lowest BCUT2D eigenvalue weighted by Crippen LogP contribution is -1.99. The largest absolute Gasteiger partial charge is 0.383 e. The molecule has 0 spiro atoms. The number of rotatable bonds is 3. The second-order valence-corrected chi connectivity index (χ2v) is 6.14. The molecule has 2 rings (SSSR count). The monoisotopic (exact) mass is 261 g/mol. The summed E-state index contributed by atoms with van der Waals surface area (Å²) in [6.45, 7) is 8.25. The number of nitrogens with zero attached hydrogens (tertiary/aromatic N) is 1. The molecular weight excluding hydrogens is 242 g/mol. The van der Waals surface area contributed by atoms with Crippen LogP contribution in [0.15, 0.2) is 24.3 Å². The van der Waals surface area contributed by atoms with Gasteiger partial charge in [-0.2, -0.15) is 0 Å². The smallest absolute Gasteiger partial charge is 0.115 e. The Bertz CT molecular complexity index is 528. The van der Waals surface area contributed by atoms with Crippen LogP contribution in [0.4, 0.5) is 0 Å². The molecule has 3 heteroatoms. The van der Waals surface area contributed by atoms with E-state index in [1.807, 2.05) is 26.0 Å². The summed E-state index contributed by atoms with van der Waals surface area (Å²) in [5, 5.41) is 11.4. The molecule has 0 aliphatic carbocycles. The Labute approximate surface area is 112 Å². The van der Waals surface area contributed by atoms with Crippen LogP contribution in [0.5, 0.6) is 0 Å². The van der Waals surface area contributed by atoms with Crippen LogP contribution in [0.25, 0.3) is 0 Å². The van der Waals surface area contributed by atoms with E-state index in [0.717, 1.165) is 21.1 Å². The summed E-state index contributed by atoms with van der Waals surface area (Å²) in [4.78, 5) is 5.31. The number of aliphatic hydroxyl groups excluding tert-OH is 1. The van der Waals surface area contributed by atoms with Crippen LogP contribution in [0.1, 0.15) is 52.6 Å². The second kappa shape index (κ2) is 5.21. The molecule has 18 heavy (non-hydrogen) atoms. The molecule has 0 radical (unpaired) electrons. The van der Waals surface area contributed by atoms with E-state index in [4.69, 9.17) is 0 Å². The highest BCUT2D eigenvalue weighted by molar-refractivity contribution is 7.11. The van der Waals surface area contributed by atoms with Gasteiger partial charge in [-0.25, -0.2) is 4.98 Å². The average Bonchev–Trinajstić information content (AvgIpc) is 2.67. The van der Waals surface area contributed by atoms with Gasteiger partial charge in [0.1, 0.15) is 6.10 Å². The van der Waals surface area contributed by atoms with Crippen LogP contribution >= 0.6 is 11.3 Å². The van der Waals surface area contributed by atoms with Crippen LogP contribution in [-0.4, -0.2) is 10.1 Å². The second-order valence-electron chi connectivity index (χ2n) is 4.91. The van der Waals surface area contributed by atoms with E-state index in [9.17, 15) is 5.11 Å². The first kappa shape index (κ1) is 13.2. The number of hydrogen-bond acceptors (Lipinski definition) is 3. The highest BCUT2D eigenvalue weighted by Crippen LogP contribution is 2.30. The molecule has 0 aliphatic heterocycles. The van der Waals surface area contributed by atoms with Crippen molar-refractivity contribution in [3.05, 3.63) is 51.0 Å². The van der Waals surface area contributed by atoms with Gasteiger partial charge in [0.25, 0.3) is 0 Å². The molecule has 1 heterocycles. The Balaban J connectivity index is 2.28. The lowest BCUT2D eigenvalue weighted by molar-refractivity contribution is 0.223. The van der Waals surface area contributed by atoms with Crippen molar-refractivity contribution < 1.29 is 5.11 Å². The maximum Gasteiger partial charge on any atom is 0.115 e. The van der Waals surface area contributed by atoms with Crippen molar-refractivity contribution in [2.24, 2.45) is 0 Å². The predicted octanol–water partition coefficient (Wildman–Crippen LogP) is 3.97. The first-order chi connectivity index (χ1) is 8.49. The molecule has 1 N–H and O–H groups in total. The molecule has 1 aromatic carbocycles. The van der Waals surface area contributed by atoms with Gasteiger partial charge in [-0.15, -0.1) is 11.3 Å². The average molecular weight is 261 g/mol. The number of aromatic nitrogens is 1. The number of benzene rings is 1. The third-order valence-electron chi connectivity index (χ3n) is 3.11. The number of aliphatic hydroxyl groups is 1. The number of aryl methyl sites for hydroxylation is 2. The molecule has 0 amide bonds. The molecule has 2 aromatic rings. The maximum absolute atomic E-state index is 10.4. The minimum atomic E-state index is -0.558. The van der Waals surface area contributed by atoms with Crippen molar-refractivity contribution in [2.45, 2.75) is 39.7 Å². The lowest BCUT2D eigenvalue weighted by Gasteiger charge is -2.11. The molecule has 0 saturated heterocycles. The molecule has 0 saturated carbocycles. The fraction of sp³-hybridized carbons (Fsp3) is 0.400. The minimum Gasteiger partial charge on any atom is -0.383 e. The molecule has 0 bridgehead atoms. The lowest BCUT2D eigenvalue weighted by atomic mass is 9.99. The van der Waals surface area contributed by atoms with Gasteiger partial charge in [0.2, 0.25) is 0 Å². The van der Waals surface area contributed by atoms with Crippen LogP contribution in [-0.2, 0) is 0 Å². The molecule has 1 aromatic heterocycles. The van der Waals surface area contributed by atoms with Gasteiger partial charge in [0, 0.05) is 0 Å². The minimum absolute atomic E-state index is 0.517. The fourth-order valence-electron chi connectivity index (χ4n) is 2.02. The number of thiazole rings is 1. The van der Waals surface area contributed by atoms with E-state index in [1.165, 1.54) is 5.56 Å². The maximum atomic E-state index is 10.4. The van der Waals surface area contributed by atoms with Crippen molar-refractivity contribution in [1.29, 1.82) is 0 Å². The first-order valence-electron chi connectivity index (χ1n) is 6.21. The van der Waals surface area contributed by atoms with E-state index >= 15 is 0 Å². The van der Waals surface area contributed by atoms with Crippen LogP contribution in [0, 0.1) is 13.8 Å². The Morgan fingerprint density at radius 3 is 2.06 bits per heavy atom. The van der Waals surface area contributed by atoms with Gasteiger partial charge in [-0.05, 0) is 30.9 Å². The standard InChI is InChI=1S/C15H19NOS/c1-9(2)12-5-7-13(8-6-12)14(17)15-10(3)16-11(4)18-15/h5-9,14,17H,1-4H3. The van der Waals surface area contributed by atoms with E-state index in [1.54, 1.807) is 11.3 Å². The molecular formula is C15H19NOS. The molecule has 96 valence electrons.